The van der Waals surface area contributed by atoms with E-state index in [9.17, 15) is 4.79 Å². The maximum Gasteiger partial charge on any atom is 0.306 e. The summed E-state index contributed by atoms with van der Waals surface area (Å²) >= 11 is 0. The Bertz CT molecular complexity index is 254. The van der Waals surface area contributed by atoms with E-state index in [1.54, 1.807) is 6.92 Å². The number of carboxylic acids is 1. The summed E-state index contributed by atoms with van der Waals surface area (Å²) in [6, 6.07) is 0. The Morgan fingerprint density at radius 3 is 2.41 bits per heavy atom. The topological polar surface area (TPSA) is 37.3 Å². The van der Waals surface area contributed by atoms with Crippen molar-refractivity contribution in [2.24, 2.45) is 11.3 Å². The molecule has 0 radical (unpaired) electrons. The van der Waals surface area contributed by atoms with E-state index in [1.807, 2.05) is 0 Å². The van der Waals surface area contributed by atoms with Crippen LogP contribution < -0.4 is 0 Å². The summed E-state index contributed by atoms with van der Waals surface area (Å²) in [4.78, 5) is 10.6. The summed E-state index contributed by atoms with van der Waals surface area (Å²) in [5, 5.41) is 8.77. The number of carbonyl (C=O) groups is 1. The first-order chi connectivity index (χ1) is 7.78. The monoisotopic (exact) mass is 240 g/mol. The third-order valence-electron chi connectivity index (χ3n) is 3.70. The van der Waals surface area contributed by atoms with Crippen molar-refractivity contribution in [3.63, 3.8) is 0 Å². The minimum absolute atomic E-state index is 0.227. The van der Waals surface area contributed by atoms with Gasteiger partial charge in [-0.2, -0.15) is 0 Å². The number of rotatable bonds is 9. The first-order valence-corrected chi connectivity index (χ1v) is 6.68. The molecule has 0 saturated heterocycles. The van der Waals surface area contributed by atoms with Crippen LogP contribution in [0.15, 0.2) is 12.2 Å². The highest BCUT2D eigenvalue weighted by atomic mass is 16.4. The molecule has 0 aromatic heterocycles. The molecule has 0 aromatic rings. The van der Waals surface area contributed by atoms with Gasteiger partial charge in [-0.05, 0) is 37.5 Å². The molecular formula is C15H28O2. The van der Waals surface area contributed by atoms with Gasteiger partial charge in [-0.3, -0.25) is 4.79 Å². The molecule has 1 unspecified atom stereocenters. The van der Waals surface area contributed by atoms with Crippen LogP contribution >= 0.6 is 0 Å². The second-order valence-electron chi connectivity index (χ2n) is 5.90. The Morgan fingerprint density at radius 2 is 1.94 bits per heavy atom. The molecule has 0 spiro atoms. The minimum atomic E-state index is -0.692. The Morgan fingerprint density at radius 1 is 1.35 bits per heavy atom. The van der Waals surface area contributed by atoms with Gasteiger partial charge in [0.15, 0.2) is 0 Å². The molecule has 1 N–H and O–H groups in total. The zero-order chi connectivity index (χ0) is 13.5. The lowest BCUT2D eigenvalue weighted by molar-refractivity contribution is -0.141. The fourth-order valence-electron chi connectivity index (χ4n) is 1.60. The van der Waals surface area contributed by atoms with E-state index in [-0.39, 0.29) is 5.92 Å². The summed E-state index contributed by atoms with van der Waals surface area (Å²) in [7, 11) is 0. The normalized spacial score (nSPS) is 13.4. The van der Waals surface area contributed by atoms with E-state index in [0.29, 0.717) is 5.41 Å². The van der Waals surface area contributed by atoms with Crippen molar-refractivity contribution in [2.45, 2.75) is 66.2 Å². The quantitative estimate of drug-likeness (QED) is 0.596. The number of carboxylic acid groups (broad SMARTS) is 1. The van der Waals surface area contributed by atoms with E-state index in [4.69, 9.17) is 5.11 Å². The molecule has 0 heterocycles. The third-order valence-corrected chi connectivity index (χ3v) is 3.70. The summed E-state index contributed by atoms with van der Waals surface area (Å²) in [6.45, 7) is 12.6. The molecule has 0 fully saturated rings. The first-order valence-electron chi connectivity index (χ1n) is 6.68. The molecule has 2 nitrogen and oxygen atoms in total. The summed E-state index contributed by atoms with van der Waals surface area (Å²) in [5.74, 6) is -0.919. The minimum Gasteiger partial charge on any atom is -0.481 e. The van der Waals surface area contributed by atoms with Gasteiger partial charge in [0, 0.05) is 0 Å². The maximum absolute atomic E-state index is 10.6. The van der Waals surface area contributed by atoms with Crippen LogP contribution in [0.5, 0.6) is 0 Å². The van der Waals surface area contributed by atoms with E-state index >= 15 is 0 Å². The average Bonchev–Trinajstić information content (AvgIpc) is 2.26. The Balaban J connectivity index is 3.71. The van der Waals surface area contributed by atoms with E-state index in [0.717, 1.165) is 25.7 Å². The van der Waals surface area contributed by atoms with Crippen molar-refractivity contribution in [1.82, 2.24) is 0 Å². The van der Waals surface area contributed by atoms with Gasteiger partial charge in [0.2, 0.25) is 0 Å². The first kappa shape index (κ1) is 16.2. The van der Waals surface area contributed by atoms with Crippen molar-refractivity contribution in [1.29, 1.82) is 0 Å². The van der Waals surface area contributed by atoms with Crippen molar-refractivity contribution in [3.8, 4) is 0 Å². The van der Waals surface area contributed by atoms with Crippen LogP contribution in [0, 0.1) is 11.3 Å². The lowest BCUT2D eigenvalue weighted by Gasteiger charge is -2.22. The smallest absolute Gasteiger partial charge is 0.306 e. The Labute approximate surface area is 106 Å². The molecule has 1 atom stereocenters. The van der Waals surface area contributed by atoms with Crippen LogP contribution in [0.1, 0.15) is 66.2 Å². The molecule has 0 aliphatic rings. The van der Waals surface area contributed by atoms with Gasteiger partial charge in [-0.15, -0.1) is 0 Å². The van der Waals surface area contributed by atoms with Crippen LogP contribution in [0.2, 0.25) is 0 Å². The molecule has 0 aromatic carbocycles. The largest absolute Gasteiger partial charge is 0.481 e. The van der Waals surface area contributed by atoms with Crippen molar-refractivity contribution in [2.75, 3.05) is 0 Å². The van der Waals surface area contributed by atoms with E-state index in [1.165, 1.54) is 18.4 Å². The van der Waals surface area contributed by atoms with Crippen molar-refractivity contribution in [3.05, 3.63) is 12.2 Å². The highest BCUT2D eigenvalue weighted by molar-refractivity contribution is 5.69. The van der Waals surface area contributed by atoms with Crippen LogP contribution in [0.25, 0.3) is 0 Å². The van der Waals surface area contributed by atoms with Gasteiger partial charge in [0.25, 0.3) is 0 Å². The molecule has 0 aliphatic carbocycles. The van der Waals surface area contributed by atoms with Crippen molar-refractivity contribution < 1.29 is 9.90 Å². The van der Waals surface area contributed by atoms with Crippen LogP contribution in [0.3, 0.4) is 0 Å². The average molecular weight is 240 g/mol. The molecule has 0 rings (SSSR count). The number of hydrogen-bond donors (Lipinski definition) is 1. The van der Waals surface area contributed by atoms with E-state index < -0.39 is 5.97 Å². The fraction of sp³-hybridized carbons (Fsp3) is 0.800. The lowest BCUT2D eigenvalue weighted by atomic mass is 9.83. The standard InChI is InChI=1S/C15H28O2/c1-6-15(4,5)11-10-12(2)8-7-9-13(3)14(16)17/h13H,2,6-11H2,1,3-5H3,(H,16,17). The molecule has 100 valence electrons. The van der Waals surface area contributed by atoms with Gasteiger partial charge >= 0.3 is 5.97 Å². The van der Waals surface area contributed by atoms with Crippen LogP contribution in [0.4, 0.5) is 0 Å². The molecular weight excluding hydrogens is 212 g/mol. The van der Waals surface area contributed by atoms with Gasteiger partial charge in [0.1, 0.15) is 0 Å². The molecule has 0 amide bonds. The molecule has 2 heteroatoms. The predicted octanol–water partition coefficient (Wildman–Crippen LogP) is 4.65. The summed E-state index contributed by atoms with van der Waals surface area (Å²) < 4.78 is 0. The molecule has 0 bridgehead atoms. The van der Waals surface area contributed by atoms with Gasteiger partial charge in [-0.1, -0.05) is 46.3 Å². The Kier molecular flexibility index (Phi) is 7.17. The summed E-state index contributed by atoms with van der Waals surface area (Å²) in [5.41, 5.74) is 1.67. The number of aliphatic carboxylic acids is 1. The SMILES string of the molecule is C=C(CCCC(C)C(=O)O)CCC(C)(C)CC. The van der Waals surface area contributed by atoms with Crippen molar-refractivity contribution >= 4 is 5.97 Å². The zero-order valence-corrected chi connectivity index (χ0v) is 11.9. The number of allylic oxidation sites excluding steroid dienone is 1. The molecule has 0 aliphatic heterocycles. The maximum atomic E-state index is 10.6. The third kappa shape index (κ3) is 8.00. The molecule has 17 heavy (non-hydrogen) atoms. The van der Waals surface area contributed by atoms with Gasteiger partial charge < -0.3 is 5.11 Å². The van der Waals surface area contributed by atoms with E-state index in [2.05, 4.69) is 27.4 Å². The predicted molar refractivity (Wildman–Crippen MR) is 73.1 cm³/mol. The highest BCUT2D eigenvalue weighted by Gasteiger charge is 2.15. The second-order valence-corrected chi connectivity index (χ2v) is 5.90. The Hall–Kier alpha value is -0.790. The second kappa shape index (κ2) is 7.52. The van der Waals surface area contributed by atoms with Gasteiger partial charge in [-0.25, -0.2) is 0 Å². The zero-order valence-electron chi connectivity index (χ0n) is 11.9. The fourth-order valence-corrected chi connectivity index (χ4v) is 1.60. The lowest BCUT2D eigenvalue weighted by Crippen LogP contribution is -2.10. The summed E-state index contributed by atoms with van der Waals surface area (Å²) in [6.07, 6.45) is 6.11. The highest BCUT2D eigenvalue weighted by Crippen LogP contribution is 2.28. The molecule has 0 saturated carbocycles. The van der Waals surface area contributed by atoms with Crippen LogP contribution in [-0.2, 0) is 4.79 Å². The van der Waals surface area contributed by atoms with Crippen LogP contribution in [-0.4, -0.2) is 11.1 Å². The number of hydrogen-bond acceptors (Lipinski definition) is 1. The van der Waals surface area contributed by atoms with Gasteiger partial charge in [0.05, 0.1) is 5.92 Å².